The number of H-pyrrole nitrogens is 1. The van der Waals surface area contributed by atoms with Gasteiger partial charge in [0, 0.05) is 44.0 Å². The van der Waals surface area contributed by atoms with Gasteiger partial charge in [0.2, 0.25) is 5.95 Å². The molecule has 2 aromatic heterocycles. The molecule has 0 radical (unpaired) electrons. The molecule has 0 aliphatic carbocycles. The van der Waals surface area contributed by atoms with Gasteiger partial charge in [-0.1, -0.05) is 19.1 Å². The third-order valence-electron chi connectivity index (χ3n) is 5.17. The Morgan fingerprint density at radius 1 is 1.18 bits per heavy atom. The summed E-state index contributed by atoms with van der Waals surface area (Å²) in [6.45, 7) is 8.90. The summed E-state index contributed by atoms with van der Waals surface area (Å²) in [4.78, 5) is 26.1. The predicted octanol–water partition coefficient (Wildman–Crippen LogP) is 2.21. The van der Waals surface area contributed by atoms with E-state index in [0.29, 0.717) is 11.6 Å². The van der Waals surface area contributed by atoms with Crippen molar-refractivity contribution in [2.24, 2.45) is 0 Å². The molecule has 0 amide bonds. The number of aromatic amines is 1. The molecule has 1 aromatic carbocycles. The Morgan fingerprint density at radius 2 is 1.93 bits per heavy atom. The van der Waals surface area contributed by atoms with Gasteiger partial charge in [0.1, 0.15) is 11.5 Å². The smallest absolute Gasteiger partial charge is 0.271 e. The van der Waals surface area contributed by atoms with E-state index in [-0.39, 0.29) is 11.2 Å². The van der Waals surface area contributed by atoms with E-state index in [0.717, 1.165) is 44.0 Å². The Balaban J connectivity index is 1.62. The van der Waals surface area contributed by atoms with Gasteiger partial charge in [-0.05, 0) is 25.6 Å². The zero-order valence-electron chi connectivity index (χ0n) is 16.0. The van der Waals surface area contributed by atoms with Crippen molar-refractivity contribution in [1.29, 1.82) is 0 Å². The normalized spacial score (nSPS) is 15.2. The molecule has 3 aromatic rings. The first kappa shape index (κ1) is 18.4. The van der Waals surface area contributed by atoms with E-state index in [1.165, 1.54) is 16.8 Å². The highest BCUT2D eigenvalue weighted by Gasteiger charge is 2.19. The van der Waals surface area contributed by atoms with Crippen molar-refractivity contribution in [1.82, 2.24) is 24.6 Å². The van der Waals surface area contributed by atoms with Gasteiger partial charge >= 0.3 is 0 Å². The van der Waals surface area contributed by atoms with Crippen molar-refractivity contribution in [3.63, 3.8) is 0 Å². The highest BCUT2D eigenvalue weighted by Crippen LogP contribution is 2.22. The number of hydrogen-bond donors (Lipinski definition) is 1. The van der Waals surface area contributed by atoms with Crippen LogP contribution < -0.4 is 10.5 Å². The van der Waals surface area contributed by atoms with Gasteiger partial charge < -0.3 is 9.80 Å². The van der Waals surface area contributed by atoms with Gasteiger partial charge in [-0.25, -0.2) is 19.0 Å². The minimum atomic E-state index is -0.465. The Hall–Kier alpha value is -3.00. The zero-order chi connectivity index (χ0) is 19.7. The number of rotatable bonds is 4. The molecular weight excluding hydrogens is 359 g/mol. The summed E-state index contributed by atoms with van der Waals surface area (Å²) in [6, 6.07) is 7.60. The molecule has 1 N–H and O–H groups in total. The van der Waals surface area contributed by atoms with Gasteiger partial charge in [-0.3, -0.25) is 9.89 Å². The van der Waals surface area contributed by atoms with Crippen molar-refractivity contribution in [2.45, 2.75) is 13.8 Å². The van der Waals surface area contributed by atoms with Gasteiger partial charge in [-0.2, -0.15) is 0 Å². The maximum absolute atomic E-state index is 14.0. The van der Waals surface area contributed by atoms with Crippen LogP contribution in [0.25, 0.3) is 16.9 Å². The number of nitrogens with one attached hydrogen (secondary N) is 1. The fraction of sp³-hybridized carbons (Fsp3) is 0.350. The number of piperazine rings is 1. The number of para-hydroxylation sites is 1. The van der Waals surface area contributed by atoms with E-state index in [9.17, 15) is 9.18 Å². The Kier molecular flexibility index (Phi) is 4.95. The van der Waals surface area contributed by atoms with Crippen molar-refractivity contribution < 1.29 is 4.39 Å². The van der Waals surface area contributed by atoms with Crippen LogP contribution in [0.1, 0.15) is 12.6 Å². The number of halogens is 1. The summed E-state index contributed by atoms with van der Waals surface area (Å²) in [6.07, 6.45) is 1.72. The average Bonchev–Trinajstić information content (AvgIpc) is 3.09. The minimum Gasteiger partial charge on any atom is -0.338 e. The van der Waals surface area contributed by atoms with Gasteiger partial charge in [-0.15, -0.1) is 0 Å². The molecule has 8 heteroatoms. The lowest BCUT2D eigenvalue weighted by molar-refractivity contribution is 0.270. The first-order valence-corrected chi connectivity index (χ1v) is 9.45. The van der Waals surface area contributed by atoms with Crippen LogP contribution in [-0.2, 0) is 0 Å². The van der Waals surface area contributed by atoms with E-state index in [2.05, 4.69) is 31.8 Å². The molecule has 146 valence electrons. The number of nitrogens with zero attached hydrogens (tertiary/aromatic N) is 5. The zero-order valence-corrected chi connectivity index (χ0v) is 16.0. The number of aryl methyl sites for hydroxylation is 1. The summed E-state index contributed by atoms with van der Waals surface area (Å²) in [5, 5.41) is 2.97. The maximum Gasteiger partial charge on any atom is 0.271 e. The van der Waals surface area contributed by atoms with Crippen LogP contribution in [0.15, 0.2) is 41.3 Å². The molecule has 3 heterocycles. The van der Waals surface area contributed by atoms with E-state index in [4.69, 9.17) is 0 Å². The highest BCUT2D eigenvalue weighted by atomic mass is 19.1. The molecule has 0 bridgehead atoms. The Bertz CT molecular complexity index is 1040. The molecule has 4 rings (SSSR count). The fourth-order valence-electron chi connectivity index (χ4n) is 3.48. The minimum absolute atomic E-state index is 0.183. The van der Waals surface area contributed by atoms with E-state index < -0.39 is 5.82 Å². The highest BCUT2D eigenvalue weighted by molar-refractivity contribution is 5.61. The fourth-order valence-corrected chi connectivity index (χ4v) is 3.48. The Morgan fingerprint density at radius 3 is 2.61 bits per heavy atom. The lowest BCUT2D eigenvalue weighted by atomic mass is 10.2. The molecule has 1 aliphatic rings. The molecule has 0 saturated carbocycles. The Labute approximate surface area is 162 Å². The van der Waals surface area contributed by atoms with Crippen LogP contribution in [0.3, 0.4) is 0 Å². The van der Waals surface area contributed by atoms with Gasteiger partial charge in [0.25, 0.3) is 5.56 Å². The topological polar surface area (TPSA) is 70.0 Å². The largest absolute Gasteiger partial charge is 0.338 e. The van der Waals surface area contributed by atoms with Crippen molar-refractivity contribution in [2.75, 3.05) is 37.6 Å². The van der Waals surface area contributed by atoms with Crippen LogP contribution in [-0.4, -0.2) is 57.4 Å². The molecule has 1 saturated heterocycles. The predicted molar refractivity (Wildman–Crippen MR) is 106 cm³/mol. The van der Waals surface area contributed by atoms with Crippen LogP contribution in [0.4, 0.5) is 10.3 Å². The molecule has 0 spiro atoms. The van der Waals surface area contributed by atoms with Gasteiger partial charge in [0.15, 0.2) is 0 Å². The average molecular weight is 382 g/mol. The molecule has 0 atom stereocenters. The first-order valence-electron chi connectivity index (χ1n) is 9.45. The van der Waals surface area contributed by atoms with Crippen molar-refractivity contribution in [3.05, 3.63) is 58.4 Å². The summed E-state index contributed by atoms with van der Waals surface area (Å²) < 4.78 is 15.2. The quantitative estimate of drug-likeness (QED) is 0.749. The standard InChI is InChI=1S/C20H23FN6O/c1-3-25-8-10-26(11-9-25)20-22-13-15(14(2)23-20)17-12-19(28)27(24-17)18-7-5-4-6-16(18)21/h4-7,12-13,24H,3,8-11H2,1-2H3. The number of benzene rings is 1. The molecule has 7 nitrogen and oxygen atoms in total. The molecular formula is C20H23FN6O. The number of likely N-dealkylation sites (N-methyl/N-ethyl adjacent to an activating group) is 1. The van der Waals surface area contributed by atoms with Crippen LogP contribution in [0.2, 0.25) is 0 Å². The van der Waals surface area contributed by atoms with Crippen molar-refractivity contribution >= 4 is 5.95 Å². The third kappa shape index (κ3) is 3.43. The molecule has 1 aliphatic heterocycles. The first-order chi connectivity index (χ1) is 13.6. The van der Waals surface area contributed by atoms with Crippen LogP contribution in [0.5, 0.6) is 0 Å². The second kappa shape index (κ2) is 7.55. The summed E-state index contributed by atoms with van der Waals surface area (Å²) in [5.41, 5.74) is 1.91. The summed E-state index contributed by atoms with van der Waals surface area (Å²) in [7, 11) is 0. The molecule has 1 fully saturated rings. The second-order valence-corrected chi connectivity index (χ2v) is 6.89. The third-order valence-corrected chi connectivity index (χ3v) is 5.17. The van der Waals surface area contributed by atoms with Crippen LogP contribution >= 0.6 is 0 Å². The second-order valence-electron chi connectivity index (χ2n) is 6.89. The van der Waals surface area contributed by atoms with E-state index in [1.807, 2.05) is 6.92 Å². The van der Waals surface area contributed by atoms with Gasteiger partial charge in [0.05, 0.1) is 11.4 Å². The maximum atomic E-state index is 14.0. The summed E-state index contributed by atoms with van der Waals surface area (Å²) >= 11 is 0. The lowest BCUT2D eigenvalue weighted by Crippen LogP contribution is -2.46. The van der Waals surface area contributed by atoms with Crippen LogP contribution in [0, 0.1) is 12.7 Å². The molecule has 28 heavy (non-hydrogen) atoms. The summed E-state index contributed by atoms with van der Waals surface area (Å²) in [5.74, 6) is 0.237. The van der Waals surface area contributed by atoms with Crippen molar-refractivity contribution in [3.8, 4) is 16.9 Å². The molecule has 0 unspecified atom stereocenters. The number of anilines is 1. The number of aromatic nitrogens is 4. The van der Waals surface area contributed by atoms with E-state index in [1.54, 1.807) is 24.4 Å². The lowest BCUT2D eigenvalue weighted by Gasteiger charge is -2.34. The number of hydrogen-bond acceptors (Lipinski definition) is 5. The van der Waals surface area contributed by atoms with E-state index >= 15 is 0 Å². The monoisotopic (exact) mass is 382 g/mol. The SMILES string of the molecule is CCN1CCN(c2ncc(-c3cc(=O)n(-c4ccccc4F)[nH]3)c(C)n2)CC1.